The van der Waals surface area contributed by atoms with Gasteiger partial charge in [0.05, 0.1) is 0 Å². The molecule has 0 spiro atoms. The smallest absolute Gasteiger partial charge is 0.0423 e. The summed E-state index contributed by atoms with van der Waals surface area (Å²) >= 11 is 0. The highest BCUT2D eigenvalue weighted by atomic mass is 14.9. The Morgan fingerprint density at radius 1 is 1.05 bits per heavy atom. The summed E-state index contributed by atoms with van der Waals surface area (Å²) in [7, 11) is 0. The summed E-state index contributed by atoms with van der Waals surface area (Å²) in [4.78, 5) is 0. The molecule has 2 N–H and O–H groups in total. The number of anilines is 2. The van der Waals surface area contributed by atoms with Crippen molar-refractivity contribution in [1.29, 1.82) is 0 Å². The molecule has 0 saturated carbocycles. The molecule has 1 aliphatic heterocycles. The molecular formula is C19H24N2. The first kappa shape index (κ1) is 14.0. The van der Waals surface area contributed by atoms with Gasteiger partial charge in [-0.05, 0) is 42.0 Å². The summed E-state index contributed by atoms with van der Waals surface area (Å²) in [5, 5.41) is 7.19. The Hall–Kier alpha value is -1.96. The largest absolute Gasteiger partial charge is 0.385 e. The predicted octanol–water partition coefficient (Wildman–Crippen LogP) is 4.61. The van der Waals surface area contributed by atoms with Crippen molar-refractivity contribution in [2.75, 3.05) is 17.2 Å². The van der Waals surface area contributed by atoms with Crippen LogP contribution in [0.5, 0.6) is 0 Å². The molecule has 2 heteroatoms. The van der Waals surface area contributed by atoms with Crippen molar-refractivity contribution < 1.29 is 0 Å². The Morgan fingerprint density at radius 3 is 2.81 bits per heavy atom. The zero-order chi connectivity index (χ0) is 14.5. The topological polar surface area (TPSA) is 24.1 Å². The van der Waals surface area contributed by atoms with Crippen LogP contribution < -0.4 is 10.6 Å². The summed E-state index contributed by atoms with van der Waals surface area (Å²) in [5.41, 5.74) is 6.87. The first-order valence-corrected chi connectivity index (χ1v) is 8.05. The molecule has 0 bridgehead atoms. The highest BCUT2D eigenvalue weighted by molar-refractivity contribution is 5.61. The van der Waals surface area contributed by atoms with E-state index in [1.165, 1.54) is 47.3 Å². The molecule has 0 unspecified atom stereocenters. The predicted molar refractivity (Wildman–Crippen MR) is 91.0 cm³/mol. The molecule has 1 aliphatic rings. The van der Waals surface area contributed by atoms with E-state index in [4.69, 9.17) is 0 Å². The third kappa shape index (κ3) is 3.21. The van der Waals surface area contributed by atoms with E-state index in [2.05, 4.69) is 60.0 Å². The van der Waals surface area contributed by atoms with Crippen LogP contribution in [0, 0.1) is 0 Å². The van der Waals surface area contributed by atoms with Gasteiger partial charge in [0, 0.05) is 24.5 Å². The van der Waals surface area contributed by atoms with E-state index < -0.39 is 0 Å². The average molecular weight is 280 g/mol. The fourth-order valence-corrected chi connectivity index (χ4v) is 3.10. The van der Waals surface area contributed by atoms with E-state index in [0.29, 0.717) is 0 Å². The summed E-state index contributed by atoms with van der Waals surface area (Å²) in [6.07, 6.45) is 4.75. The summed E-state index contributed by atoms with van der Waals surface area (Å²) in [5.74, 6) is 0. The lowest BCUT2D eigenvalue weighted by molar-refractivity contribution is 0.824. The SMILES string of the molecule is CCCc1ccccc1NCc1cccc2c1NCCC2. The van der Waals surface area contributed by atoms with Crippen molar-refractivity contribution in [3.8, 4) is 0 Å². The quantitative estimate of drug-likeness (QED) is 0.835. The molecule has 0 atom stereocenters. The first-order chi connectivity index (χ1) is 10.4. The minimum Gasteiger partial charge on any atom is -0.385 e. The van der Waals surface area contributed by atoms with E-state index in [1.54, 1.807) is 0 Å². The number of aryl methyl sites for hydroxylation is 2. The average Bonchev–Trinajstić information content (AvgIpc) is 2.54. The van der Waals surface area contributed by atoms with Crippen molar-refractivity contribution >= 4 is 11.4 Å². The lowest BCUT2D eigenvalue weighted by Crippen LogP contribution is -2.15. The van der Waals surface area contributed by atoms with Gasteiger partial charge in [-0.2, -0.15) is 0 Å². The molecule has 2 aromatic carbocycles. The van der Waals surface area contributed by atoms with Crippen LogP contribution in [0.1, 0.15) is 36.5 Å². The zero-order valence-corrected chi connectivity index (χ0v) is 12.8. The van der Waals surface area contributed by atoms with Gasteiger partial charge >= 0.3 is 0 Å². The third-order valence-corrected chi connectivity index (χ3v) is 4.17. The molecule has 0 amide bonds. The van der Waals surface area contributed by atoms with Crippen LogP contribution >= 0.6 is 0 Å². The van der Waals surface area contributed by atoms with Crippen LogP contribution in [0.3, 0.4) is 0 Å². The first-order valence-electron chi connectivity index (χ1n) is 8.05. The highest BCUT2D eigenvalue weighted by Crippen LogP contribution is 2.27. The van der Waals surface area contributed by atoms with E-state index in [1.807, 2.05) is 0 Å². The van der Waals surface area contributed by atoms with Gasteiger partial charge in [-0.3, -0.25) is 0 Å². The molecule has 0 saturated heterocycles. The summed E-state index contributed by atoms with van der Waals surface area (Å²) in [6.45, 7) is 4.21. The number of nitrogens with one attached hydrogen (secondary N) is 2. The molecule has 21 heavy (non-hydrogen) atoms. The number of rotatable bonds is 5. The number of fused-ring (bicyclic) bond motifs is 1. The number of benzene rings is 2. The fraction of sp³-hybridized carbons (Fsp3) is 0.368. The van der Waals surface area contributed by atoms with Crippen molar-refractivity contribution in [3.05, 3.63) is 59.2 Å². The molecular weight excluding hydrogens is 256 g/mol. The van der Waals surface area contributed by atoms with E-state index in [9.17, 15) is 0 Å². The van der Waals surface area contributed by atoms with Crippen LogP contribution in [0.15, 0.2) is 42.5 Å². The van der Waals surface area contributed by atoms with E-state index in [-0.39, 0.29) is 0 Å². The lowest BCUT2D eigenvalue weighted by Gasteiger charge is -2.22. The standard InChI is InChI=1S/C19H24N2/c1-2-7-15-8-3-4-12-18(15)21-14-17-10-5-9-16-11-6-13-20-19(16)17/h3-5,8-10,12,20-21H,2,6-7,11,13-14H2,1H3. The maximum Gasteiger partial charge on any atom is 0.0423 e. The normalized spacial score (nSPS) is 13.4. The van der Waals surface area contributed by atoms with Gasteiger partial charge in [0.1, 0.15) is 0 Å². The highest BCUT2D eigenvalue weighted by Gasteiger charge is 2.12. The van der Waals surface area contributed by atoms with Crippen molar-refractivity contribution in [2.45, 2.75) is 39.2 Å². The second-order valence-electron chi connectivity index (χ2n) is 5.74. The maximum absolute atomic E-state index is 3.62. The molecule has 0 aliphatic carbocycles. The van der Waals surface area contributed by atoms with Crippen LogP contribution in [0.25, 0.3) is 0 Å². The van der Waals surface area contributed by atoms with Crippen molar-refractivity contribution in [3.63, 3.8) is 0 Å². The molecule has 2 nitrogen and oxygen atoms in total. The Morgan fingerprint density at radius 2 is 1.90 bits per heavy atom. The second kappa shape index (κ2) is 6.66. The molecule has 0 fully saturated rings. The monoisotopic (exact) mass is 280 g/mol. The molecule has 0 aromatic heterocycles. The molecule has 0 radical (unpaired) electrons. The fourth-order valence-electron chi connectivity index (χ4n) is 3.10. The number of para-hydroxylation sites is 2. The van der Waals surface area contributed by atoms with Gasteiger partial charge in [0.2, 0.25) is 0 Å². The van der Waals surface area contributed by atoms with Crippen LogP contribution in [0.2, 0.25) is 0 Å². The molecule has 110 valence electrons. The molecule has 2 aromatic rings. The number of hydrogen-bond donors (Lipinski definition) is 2. The summed E-state index contributed by atoms with van der Waals surface area (Å²) < 4.78 is 0. The minimum absolute atomic E-state index is 0.886. The minimum atomic E-state index is 0.886. The van der Waals surface area contributed by atoms with Gasteiger partial charge in [0.25, 0.3) is 0 Å². The van der Waals surface area contributed by atoms with Gasteiger partial charge < -0.3 is 10.6 Å². The van der Waals surface area contributed by atoms with Crippen LogP contribution in [-0.4, -0.2) is 6.54 Å². The Kier molecular flexibility index (Phi) is 4.44. The Bertz CT molecular complexity index is 604. The second-order valence-corrected chi connectivity index (χ2v) is 5.74. The lowest BCUT2D eigenvalue weighted by atomic mass is 9.99. The molecule has 3 rings (SSSR count). The van der Waals surface area contributed by atoms with E-state index in [0.717, 1.165) is 19.5 Å². The van der Waals surface area contributed by atoms with Crippen molar-refractivity contribution in [2.24, 2.45) is 0 Å². The molecule has 1 heterocycles. The van der Waals surface area contributed by atoms with Crippen molar-refractivity contribution in [1.82, 2.24) is 0 Å². The van der Waals surface area contributed by atoms with Crippen LogP contribution in [0.4, 0.5) is 11.4 Å². The third-order valence-electron chi connectivity index (χ3n) is 4.17. The van der Waals surface area contributed by atoms with Gasteiger partial charge in [0.15, 0.2) is 0 Å². The van der Waals surface area contributed by atoms with Gasteiger partial charge in [-0.1, -0.05) is 49.7 Å². The number of hydrogen-bond acceptors (Lipinski definition) is 2. The zero-order valence-electron chi connectivity index (χ0n) is 12.8. The Labute approximate surface area is 127 Å². The van der Waals surface area contributed by atoms with Crippen LogP contribution in [-0.2, 0) is 19.4 Å². The van der Waals surface area contributed by atoms with Gasteiger partial charge in [-0.25, -0.2) is 0 Å². The maximum atomic E-state index is 3.62. The Balaban J connectivity index is 1.76. The van der Waals surface area contributed by atoms with Gasteiger partial charge in [-0.15, -0.1) is 0 Å². The summed E-state index contributed by atoms with van der Waals surface area (Å²) in [6, 6.07) is 15.3. The van der Waals surface area contributed by atoms with E-state index >= 15 is 0 Å².